The maximum Gasteiger partial charge on any atom is 0.142 e. The Bertz CT molecular complexity index is 561. The van der Waals surface area contributed by atoms with E-state index >= 15 is 0 Å². The number of halogens is 3. The number of aryl methyl sites for hydroxylation is 1. The van der Waals surface area contributed by atoms with E-state index in [0.29, 0.717) is 26.3 Å². The van der Waals surface area contributed by atoms with Crippen molar-refractivity contribution in [2.45, 2.75) is 6.92 Å². The molecular weight excluding hydrogens is 280 g/mol. The number of aromatic hydroxyl groups is 1. The summed E-state index contributed by atoms with van der Waals surface area (Å²) >= 11 is 17.7. The number of rotatable bonds is 1. The van der Waals surface area contributed by atoms with E-state index in [0.717, 1.165) is 5.56 Å². The highest BCUT2D eigenvalue weighted by atomic mass is 35.5. The van der Waals surface area contributed by atoms with Gasteiger partial charge in [0.1, 0.15) is 11.4 Å². The van der Waals surface area contributed by atoms with Crippen molar-refractivity contribution in [1.29, 1.82) is 0 Å². The normalized spacial score (nSPS) is 10.6. The van der Waals surface area contributed by atoms with Gasteiger partial charge in [0, 0.05) is 11.8 Å². The van der Waals surface area contributed by atoms with Crippen molar-refractivity contribution in [3.8, 4) is 17.0 Å². The van der Waals surface area contributed by atoms with Crippen LogP contribution in [-0.4, -0.2) is 10.1 Å². The zero-order valence-corrected chi connectivity index (χ0v) is 11.1. The summed E-state index contributed by atoms with van der Waals surface area (Å²) in [7, 11) is 0. The van der Waals surface area contributed by atoms with Crippen molar-refractivity contribution in [3.63, 3.8) is 0 Å². The van der Waals surface area contributed by atoms with Gasteiger partial charge in [-0.1, -0.05) is 34.8 Å². The first-order valence-electron chi connectivity index (χ1n) is 4.79. The summed E-state index contributed by atoms with van der Waals surface area (Å²) in [6, 6.07) is 4.86. The SMILES string of the molecule is Cc1cnc(-c2cc(Cl)c(Cl)c(Cl)c2)c(O)c1. The monoisotopic (exact) mass is 287 g/mol. The fourth-order valence-corrected chi connectivity index (χ4v) is 2.06. The van der Waals surface area contributed by atoms with Gasteiger partial charge in [-0.2, -0.15) is 0 Å². The molecule has 2 aromatic rings. The number of benzene rings is 1. The van der Waals surface area contributed by atoms with Crippen LogP contribution in [0.1, 0.15) is 5.56 Å². The predicted octanol–water partition coefficient (Wildman–Crippen LogP) is 4.72. The van der Waals surface area contributed by atoms with Gasteiger partial charge >= 0.3 is 0 Å². The van der Waals surface area contributed by atoms with Gasteiger partial charge in [-0.25, -0.2) is 0 Å². The summed E-state index contributed by atoms with van der Waals surface area (Å²) in [6.45, 7) is 1.85. The van der Waals surface area contributed by atoms with Crippen LogP contribution in [0, 0.1) is 6.92 Å². The minimum Gasteiger partial charge on any atom is -0.506 e. The lowest BCUT2D eigenvalue weighted by atomic mass is 10.1. The minimum atomic E-state index is 0.0828. The van der Waals surface area contributed by atoms with Crippen molar-refractivity contribution in [2.24, 2.45) is 0 Å². The number of pyridine rings is 1. The van der Waals surface area contributed by atoms with Crippen molar-refractivity contribution < 1.29 is 5.11 Å². The maximum atomic E-state index is 9.81. The van der Waals surface area contributed by atoms with Gasteiger partial charge in [-0.05, 0) is 30.7 Å². The van der Waals surface area contributed by atoms with Gasteiger partial charge in [-0.15, -0.1) is 0 Å². The Morgan fingerprint density at radius 3 is 2.18 bits per heavy atom. The Morgan fingerprint density at radius 1 is 1.06 bits per heavy atom. The largest absolute Gasteiger partial charge is 0.506 e. The van der Waals surface area contributed by atoms with E-state index in [4.69, 9.17) is 34.8 Å². The Balaban J connectivity index is 2.61. The summed E-state index contributed by atoms with van der Waals surface area (Å²) in [5.74, 6) is 0.0828. The van der Waals surface area contributed by atoms with Crippen LogP contribution in [-0.2, 0) is 0 Å². The summed E-state index contributed by atoms with van der Waals surface area (Å²) in [4.78, 5) is 4.15. The molecule has 0 aliphatic rings. The van der Waals surface area contributed by atoms with E-state index in [-0.39, 0.29) is 5.75 Å². The first-order chi connectivity index (χ1) is 7.99. The smallest absolute Gasteiger partial charge is 0.142 e. The Morgan fingerprint density at radius 2 is 1.65 bits per heavy atom. The number of aromatic nitrogens is 1. The molecule has 0 aliphatic carbocycles. The maximum absolute atomic E-state index is 9.81. The lowest BCUT2D eigenvalue weighted by Gasteiger charge is -2.07. The fourth-order valence-electron chi connectivity index (χ4n) is 1.47. The molecule has 0 saturated heterocycles. The third-order valence-electron chi connectivity index (χ3n) is 2.26. The molecule has 0 bridgehead atoms. The fraction of sp³-hybridized carbons (Fsp3) is 0.0833. The highest BCUT2D eigenvalue weighted by molar-refractivity contribution is 6.48. The van der Waals surface area contributed by atoms with Gasteiger partial charge in [0.25, 0.3) is 0 Å². The molecule has 0 atom stereocenters. The highest BCUT2D eigenvalue weighted by Gasteiger charge is 2.11. The molecule has 1 N–H and O–H groups in total. The van der Waals surface area contributed by atoms with Crippen LogP contribution in [0.4, 0.5) is 0 Å². The first-order valence-corrected chi connectivity index (χ1v) is 5.93. The van der Waals surface area contributed by atoms with Crippen molar-refractivity contribution in [1.82, 2.24) is 4.98 Å². The van der Waals surface area contributed by atoms with Crippen LogP contribution >= 0.6 is 34.8 Å². The molecule has 0 amide bonds. The van der Waals surface area contributed by atoms with E-state index in [1.54, 1.807) is 24.4 Å². The molecule has 0 aliphatic heterocycles. The van der Waals surface area contributed by atoms with Crippen LogP contribution in [0.25, 0.3) is 11.3 Å². The quantitative estimate of drug-likeness (QED) is 0.770. The standard InChI is InChI=1S/C12H8Cl3NO/c1-6-2-10(17)12(16-5-6)7-3-8(13)11(15)9(14)4-7/h2-5,17H,1H3. The second-order valence-electron chi connectivity index (χ2n) is 3.63. The van der Waals surface area contributed by atoms with Crippen LogP contribution in [0.2, 0.25) is 15.1 Å². The molecule has 0 fully saturated rings. The minimum absolute atomic E-state index is 0.0828. The van der Waals surface area contributed by atoms with Crippen LogP contribution in [0.5, 0.6) is 5.75 Å². The number of nitrogens with zero attached hydrogens (tertiary/aromatic N) is 1. The van der Waals surface area contributed by atoms with Gasteiger partial charge < -0.3 is 5.11 Å². The van der Waals surface area contributed by atoms with Crippen LogP contribution < -0.4 is 0 Å². The molecule has 1 aromatic heterocycles. The predicted molar refractivity (Wildman–Crippen MR) is 71.1 cm³/mol. The van der Waals surface area contributed by atoms with E-state index in [2.05, 4.69) is 4.98 Å². The van der Waals surface area contributed by atoms with Crippen LogP contribution in [0.3, 0.4) is 0 Å². The summed E-state index contributed by atoms with van der Waals surface area (Å²) in [5.41, 5.74) is 1.93. The molecule has 5 heteroatoms. The Labute approximate surface area is 114 Å². The lowest BCUT2D eigenvalue weighted by molar-refractivity contribution is 0.474. The average Bonchev–Trinajstić information content (AvgIpc) is 2.25. The molecule has 1 aromatic carbocycles. The van der Waals surface area contributed by atoms with E-state index < -0.39 is 0 Å². The highest BCUT2D eigenvalue weighted by Crippen LogP contribution is 2.36. The zero-order chi connectivity index (χ0) is 12.6. The topological polar surface area (TPSA) is 33.1 Å². The lowest BCUT2D eigenvalue weighted by Crippen LogP contribution is -1.87. The Hall–Kier alpha value is -0.960. The zero-order valence-electron chi connectivity index (χ0n) is 8.84. The molecule has 0 radical (unpaired) electrons. The molecule has 0 unspecified atom stereocenters. The van der Waals surface area contributed by atoms with Gasteiger partial charge in [0.15, 0.2) is 0 Å². The van der Waals surface area contributed by atoms with E-state index in [9.17, 15) is 5.11 Å². The van der Waals surface area contributed by atoms with Gasteiger partial charge in [0.05, 0.1) is 15.1 Å². The van der Waals surface area contributed by atoms with Crippen molar-refractivity contribution in [3.05, 3.63) is 45.0 Å². The van der Waals surface area contributed by atoms with Gasteiger partial charge in [-0.3, -0.25) is 4.98 Å². The molecule has 1 heterocycles. The number of hydrogen-bond acceptors (Lipinski definition) is 2. The average molecular weight is 289 g/mol. The first kappa shape index (κ1) is 12.5. The molecule has 17 heavy (non-hydrogen) atoms. The van der Waals surface area contributed by atoms with Gasteiger partial charge in [0.2, 0.25) is 0 Å². The summed E-state index contributed by atoms with van der Waals surface area (Å²) < 4.78 is 0. The molecule has 2 rings (SSSR count). The van der Waals surface area contributed by atoms with Crippen molar-refractivity contribution >= 4 is 34.8 Å². The van der Waals surface area contributed by atoms with Crippen LogP contribution in [0.15, 0.2) is 24.4 Å². The molecule has 2 nitrogen and oxygen atoms in total. The summed E-state index contributed by atoms with van der Waals surface area (Å²) in [5, 5.41) is 10.8. The molecule has 0 spiro atoms. The Kier molecular flexibility index (Phi) is 3.48. The molecule has 88 valence electrons. The number of hydrogen-bond donors (Lipinski definition) is 1. The summed E-state index contributed by atoms with van der Waals surface area (Å²) in [6.07, 6.45) is 1.66. The van der Waals surface area contributed by atoms with E-state index in [1.165, 1.54) is 0 Å². The third-order valence-corrected chi connectivity index (χ3v) is 3.46. The molecular formula is C12H8Cl3NO. The second kappa shape index (κ2) is 4.73. The van der Waals surface area contributed by atoms with E-state index in [1.807, 2.05) is 6.92 Å². The third kappa shape index (κ3) is 2.49. The van der Waals surface area contributed by atoms with Crippen molar-refractivity contribution in [2.75, 3.05) is 0 Å². The second-order valence-corrected chi connectivity index (χ2v) is 4.83. The molecule has 0 saturated carbocycles.